The summed E-state index contributed by atoms with van der Waals surface area (Å²) in [5.74, 6) is 1.04. The Morgan fingerprint density at radius 2 is 2.09 bits per heavy atom. The Morgan fingerprint density at radius 3 is 2.91 bits per heavy atom. The first-order valence-corrected chi connectivity index (χ1v) is 10.3. The fraction of sp³-hybridized carbons (Fsp3) is 0.143. The molecular formula is C21H18ClN9O. The van der Waals surface area contributed by atoms with Crippen molar-refractivity contribution in [1.82, 2.24) is 34.6 Å². The van der Waals surface area contributed by atoms with Gasteiger partial charge in [-0.05, 0) is 30.7 Å². The van der Waals surface area contributed by atoms with E-state index in [1.165, 1.54) is 11.0 Å². The van der Waals surface area contributed by atoms with Gasteiger partial charge in [0.25, 0.3) is 5.56 Å². The molecule has 5 aromatic rings. The summed E-state index contributed by atoms with van der Waals surface area (Å²) in [6, 6.07) is 8.44. The third-order valence-corrected chi connectivity index (χ3v) is 5.34. The maximum Gasteiger partial charge on any atom is 0.281 e. The fourth-order valence-electron chi connectivity index (χ4n) is 3.50. The smallest absolute Gasteiger partial charge is 0.281 e. The van der Waals surface area contributed by atoms with Crippen LogP contribution in [0, 0.1) is 0 Å². The molecule has 0 spiro atoms. The highest BCUT2D eigenvalue weighted by molar-refractivity contribution is 6.35. The van der Waals surface area contributed by atoms with E-state index in [0.717, 1.165) is 0 Å². The van der Waals surface area contributed by atoms with Crippen LogP contribution in [-0.4, -0.2) is 34.6 Å². The molecule has 3 N–H and O–H groups in total. The highest BCUT2D eigenvalue weighted by Crippen LogP contribution is 2.26. The molecule has 5 rings (SSSR count). The number of rotatable bonds is 6. The van der Waals surface area contributed by atoms with E-state index in [9.17, 15) is 4.79 Å². The predicted octanol–water partition coefficient (Wildman–Crippen LogP) is 3.55. The first kappa shape index (κ1) is 19.9. The second kappa shape index (κ2) is 8.23. The van der Waals surface area contributed by atoms with Crippen molar-refractivity contribution in [3.63, 3.8) is 0 Å². The molecule has 11 heteroatoms. The quantitative estimate of drug-likeness (QED) is 0.360. The molecule has 1 atom stereocenters. The van der Waals surface area contributed by atoms with Gasteiger partial charge in [0.1, 0.15) is 11.8 Å². The van der Waals surface area contributed by atoms with Crippen molar-refractivity contribution in [3.8, 4) is 0 Å². The van der Waals surface area contributed by atoms with Gasteiger partial charge in [-0.15, -0.1) is 0 Å². The number of benzene rings is 1. The zero-order valence-electron chi connectivity index (χ0n) is 17.0. The van der Waals surface area contributed by atoms with E-state index in [4.69, 9.17) is 16.6 Å². The number of imidazole rings is 1. The first-order valence-electron chi connectivity index (χ1n) is 9.94. The van der Waals surface area contributed by atoms with Crippen molar-refractivity contribution in [2.75, 3.05) is 10.7 Å². The first-order chi connectivity index (χ1) is 15.7. The van der Waals surface area contributed by atoms with Crippen LogP contribution < -0.4 is 16.3 Å². The topological polar surface area (TPSA) is 126 Å². The average molecular weight is 448 g/mol. The summed E-state index contributed by atoms with van der Waals surface area (Å²) in [5.41, 5.74) is 5.17. The molecule has 160 valence electrons. The van der Waals surface area contributed by atoms with Gasteiger partial charge in [0.05, 0.1) is 40.2 Å². The lowest BCUT2D eigenvalue weighted by Crippen LogP contribution is -2.34. The van der Waals surface area contributed by atoms with Crippen molar-refractivity contribution >= 4 is 45.2 Å². The monoisotopic (exact) mass is 447 g/mol. The van der Waals surface area contributed by atoms with E-state index in [1.807, 2.05) is 13.0 Å². The van der Waals surface area contributed by atoms with Crippen LogP contribution in [0.3, 0.4) is 0 Å². The second-order valence-corrected chi connectivity index (χ2v) is 7.43. The molecule has 0 unspecified atom stereocenters. The lowest BCUT2D eigenvalue weighted by molar-refractivity contribution is 0.640. The number of halogens is 1. The molecule has 32 heavy (non-hydrogen) atoms. The molecule has 0 saturated heterocycles. The number of anilines is 2. The van der Waals surface area contributed by atoms with Crippen LogP contribution in [0.5, 0.6) is 0 Å². The number of aromatic amines is 1. The van der Waals surface area contributed by atoms with Crippen LogP contribution >= 0.6 is 11.6 Å². The Hall–Kier alpha value is -4.05. The summed E-state index contributed by atoms with van der Waals surface area (Å²) >= 11 is 6.35. The van der Waals surface area contributed by atoms with E-state index in [-0.39, 0.29) is 11.6 Å². The summed E-state index contributed by atoms with van der Waals surface area (Å²) < 4.78 is 1.40. The number of nitrogens with zero attached hydrogens (tertiary/aromatic N) is 6. The van der Waals surface area contributed by atoms with Crippen molar-refractivity contribution in [2.45, 2.75) is 19.4 Å². The van der Waals surface area contributed by atoms with E-state index in [2.05, 4.69) is 35.7 Å². The number of fused-ring (bicyclic) bond motifs is 2. The van der Waals surface area contributed by atoms with Gasteiger partial charge in [0, 0.05) is 6.20 Å². The Morgan fingerprint density at radius 1 is 1.19 bits per heavy atom. The van der Waals surface area contributed by atoms with Crippen LogP contribution in [0.25, 0.3) is 22.1 Å². The van der Waals surface area contributed by atoms with Crippen LogP contribution in [0.15, 0.2) is 60.2 Å². The molecule has 0 saturated carbocycles. The molecule has 0 bridgehead atoms. The van der Waals surface area contributed by atoms with Gasteiger partial charge in [-0.1, -0.05) is 24.6 Å². The van der Waals surface area contributed by atoms with Crippen LogP contribution in [-0.2, 0) is 0 Å². The van der Waals surface area contributed by atoms with E-state index >= 15 is 0 Å². The standard InChI is InChI=1S/C21H18ClN9O/c1-2-14(28-19-17-18(25-10-24-17)26-11-27-19)20-29-15-7-3-6-13(22)16(15)21(32)31(20)30-12-5-4-8-23-9-12/h3-11,14,30H,2H2,1H3,(H2,24,25,26,27,28)/t14-/m0/s1. The average Bonchev–Trinajstić information content (AvgIpc) is 3.30. The Kier molecular flexibility index (Phi) is 5.12. The van der Waals surface area contributed by atoms with Crippen molar-refractivity contribution < 1.29 is 0 Å². The molecule has 0 aliphatic heterocycles. The second-order valence-electron chi connectivity index (χ2n) is 7.03. The predicted molar refractivity (Wildman–Crippen MR) is 123 cm³/mol. The van der Waals surface area contributed by atoms with Gasteiger partial charge >= 0.3 is 0 Å². The van der Waals surface area contributed by atoms with Gasteiger partial charge in [0.15, 0.2) is 17.3 Å². The molecular weight excluding hydrogens is 430 g/mol. The Balaban J connectivity index is 1.67. The van der Waals surface area contributed by atoms with E-state index < -0.39 is 0 Å². The molecule has 0 aliphatic rings. The summed E-state index contributed by atoms with van der Waals surface area (Å²) in [4.78, 5) is 38.1. The lowest BCUT2D eigenvalue weighted by atomic mass is 10.1. The number of aromatic nitrogens is 7. The molecule has 4 aromatic heterocycles. The van der Waals surface area contributed by atoms with Crippen LogP contribution in [0.4, 0.5) is 11.5 Å². The summed E-state index contributed by atoms with van der Waals surface area (Å²) in [7, 11) is 0. The number of hydrogen-bond donors (Lipinski definition) is 3. The fourth-order valence-corrected chi connectivity index (χ4v) is 3.75. The number of H-pyrrole nitrogens is 1. The van der Waals surface area contributed by atoms with Crippen molar-refractivity contribution in [3.05, 3.63) is 76.6 Å². The maximum absolute atomic E-state index is 13.5. The minimum Gasteiger partial charge on any atom is -0.358 e. The van der Waals surface area contributed by atoms with Crippen LogP contribution in [0.2, 0.25) is 5.02 Å². The number of hydrogen-bond acceptors (Lipinski definition) is 8. The van der Waals surface area contributed by atoms with Gasteiger partial charge in [0.2, 0.25) is 0 Å². The maximum atomic E-state index is 13.5. The summed E-state index contributed by atoms with van der Waals surface area (Å²) in [5, 5.41) is 4.05. The van der Waals surface area contributed by atoms with E-state index in [1.54, 1.807) is 43.0 Å². The molecule has 10 nitrogen and oxygen atoms in total. The minimum absolute atomic E-state index is 0.311. The van der Waals surface area contributed by atoms with E-state index in [0.29, 0.717) is 50.8 Å². The SMILES string of the molecule is CC[C@H](Nc1ncnc2nc[nH]c12)c1nc2cccc(Cl)c2c(=O)n1Nc1cccnc1. The molecule has 1 aromatic carbocycles. The minimum atomic E-state index is -0.364. The normalized spacial score (nSPS) is 12.2. The van der Waals surface area contributed by atoms with Crippen LogP contribution in [0.1, 0.15) is 25.2 Å². The van der Waals surface area contributed by atoms with Gasteiger partial charge in [-0.3, -0.25) is 15.2 Å². The molecule has 0 amide bonds. The summed E-state index contributed by atoms with van der Waals surface area (Å²) in [6.07, 6.45) is 6.90. The Bertz CT molecular complexity index is 1470. The third-order valence-electron chi connectivity index (χ3n) is 5.03. The zero-order valence-corrected chi connectivity index (χ0v) is 17.7. The van der Waals surface area contributed by atoms with Crippen molar-refractivity contribution in [2.24, 2.45) is 0 Å². The number of nitrogens with one attached hydrogen (secondary N) is 3. The molecule has 0 fully saturated rings. The van der Waals surface area contributed by atoms with Gasteiger partial charge in [-0.2, -0.15) is 0 Å². The third kappa shape index (κ3) is 3.50. The highest BCUT2D eigenvalue weighted by atomic mass is 35.5. The Labute approximate surface area is 186 Å². The largest absolute Gasteiger partial charge is 0.358 e. The molecule has 4 heterocycles. The molecule has 0 aliphatic carbocycles. The zero-order chi connectivity index (χ0) is 22.1. The summed E-state index contributed by atoms with van der Waals surface area (Å²) in [6.45, 7) is 1.99. The molecule has 0 radical (unpaired) electrons. The van der Waals surface area contributed by atoms with Gasteiger partial charge in [-0.25, -0.2) is 24.6 Å². The number of pyridine rings is 1. The lowest BCUT2D eigenvalue weighted by Gasteiger charge is -2.22. The highest BCUT2D eigenvalue weighted by Gasteiger charge is 2.22. The van der Waals surface area contributed by atoms with Crippen molar-refractivity contribution in [1.29, 1.82) is 0 Å². The van der Waals surface area contributed by atoms with Gasteiger partial charge < -0.3 is 10.3 Å².